The lowest BCUT2D eigenvalue weighted by atomic mass is 10.1. The number of nitrogens with zero attached hydrogens (tertiary/aromatic N) is 4. The summed E-state index contributed by atoms with van der Waals surface area (Å²) in [6.07, 6.45) is 0.570. The Balaban J connectivity index is 1.73. The zero-order valence-corrected chi connectivity index (χ0v) is 14.3. The van der Waals surface area contributed by atoms with Crippen molar-refractivity contribution in [3.05, 3.63) is 71.5 Å². The van der Waals surface area contributed by atoms with Gasteiger partial charge in [0.15, 0.2) is 5.69 Å². The minimum atomic E-state index is -0.185. The minimum absolute atomic E-state index is 0.185. The van der Waals surface area contributed by atoms with Crippen molar-refractivity contribution < 1.29 is 9.90 Å². The maximum atomic E-state index is 12.7. The second kappa shape index (κ2) is 7.17. The Hall–Kier alpha value is -3.15. The molecule has 0 radical (unpaired) electrons. The van der Waals surface area contributed by atoms with Gasteiger partial charge in [0.05, 0.1) is 11.4 Å². The first kappa shape index (κ1) is 16.7. The highest BCUT2D eigenvalue weighted by atomic mass is 16.3. The number of hydrogen-bond acceptors (Lipinski definition) is 4. The van der Waals surface area contributed by atoms with E-state index >= 15 is 0 Å². The quantitative estimate of drug-likeness (QED) is 0.777. The molecule has 0 saturated heterocycles. The number of para-hydroxylation sites is 2. The molecule has 6 nitrogen and oxygen atoms in total. The van der Waals surface area contributed by atoms with Crippen molar-refractivity contribution in [1.29, 1.82) is 0 Å². The standard InChI is InChI=1S/C19H20N4O2/c1-14-18(20-21-23(14)16-9-4-3-5-10-16)19(25)22(2)13-12-15-8-6-7-11-17(15)24/h3-11,24H,12-13H2,1-2H3. The summed E-state index contributed by atoms with van der Waals surface area (Å²) in [4.78, 5) is 14.3. The Kier molecular flexibility index (Phi) is 4.79. The number of aromatic nitrogens is 3. The molecule has 25 heavy (non-hydrogen) atoms. The van der Waals surface area contributed by atoms with E-state index in [1.54, 1.807) is 28.8 Å². The smallest absolute Gasteiger partial charge is 0.276 e. The van der Waals surface area contributed by atoms with Crippen LogP contribution in [0.4, 0.5) is 0 Å². The molecule has 2 aromatic carbocycles. The molecule has 0 saturated carbocycles. The normalized spacial score (nSPS) is 10.6. The third-order valence-electron chi connectivity index (χ3n) is 4.15. The highest BCUT2D eigenvalue weighted by molar-refractivity contribution is 5.93. The summed E-state index contributed by atoms with van der Waals surface area (Å²) in [6.45, 7) is 2.31. The van der Waals surface area contributed by atoms with E-state index in [9.17, 15) is 9.90 Å². The number of benzene rings is 2. The Bertz CT molecular complexity index is 874. The average molecular weight is 336 g/mol. The molecule has 0 spiro atoms. The summed E-state index contributed by atoms with van der Waals surface area (Å²) in [7, 11) is 1.73. The molecule has 0 aliphatic rings. The zero-order valence-electron chi connectivity index (χ0n) is 14.3. The molecular weight excluding hydrogens is 316 g/mol. The number of phenolic OH excluding ortho intramolecular Hbond substituents is 1. The van der Waals surface area contributed by atoms with Gasteiger partial charge in [-0.3, -0.25) is 4.79 Å². The Morgan fingerprint density at radius 2 is 1.80 bits per heavy atom. The van der Waals surface area contributed by atoms with Gasteiger partial charge < -0.3 is 10.0 Å². The molecule has 0 aliphatic carbocycles. The van der Waals surface area contributed by atoms with Crippen LogP contribution in [0.3, 0.4) is 0 Å². The first-order chi connectivity index (χ1) is 12.1. The third kappa shape index (κ3) is 3.52. The summed E-state index contributed by atoms with van der Waals surface area (Å²) in [6, 6.07) is 16.7. The van der Waals surface area contributed by atoms with E-state index in [0.717, 1.165) is 11.3 Å². The number of carbonyl (C=O) groups is 1. The first-order valence-electron chi connectivity index (χ1n) is 8.08. The molecule has 1 heterocycles. The summed E-state index contributed by atoms with van der Waals surface area (Å²) >= 11 is 0. The summed E-state index contributed by atoms with van der Waals surface area (Å²) in [5, 5.41) is 18.0. The molecule has 0 aliphatic heterocycles. The molecule has 1 N–H and O–H groups in total. The van der Waals surface area contributed by atoms with E-state index in [2.05, 4.69) is 10.3 Å². The molecule has 3 aromatic rings. The van der Waals surface area contributed by atoms with Crippen LogP contribution in [0.25, 0.3) is 5.69 Å². The van der Waals surface area contributed by atoms with Crippen LogP contribution in [-0.2, 0) is 6.42 Å². The van der Waals surface area contributed by atoms with Crippen molar-refractivity contribution in [3.63, 3.8) is 0 Å². The fourth-order valence-corrected chi connectivity index (χ4v) is 2.63. The minimum Gasteiger partial charge on any atom is -0.508 e. The van der Waals surface area contributed by atoms with Crippen LogP contribution >= 0.6 is 0 Å². The van der Waals surface area contributed by atoms with Crippen LogP contribution in [-0.4, -0.2) is 44.5 Å². The van der Waals surface area contributed by atoms with Crippen LogP contribution in [0.5, 0.6) is 5.75 Å². The number of rotatable bonds is 5. The van der Waals surface area contributed by atoms with Gasteiger partial charge in [-0.2, -0.15) is 0 Å². The lowest BCUT2D eigenvalue weighted by Gasteiger charge is -2.16. The van der Waals surface area contributed by atoms with E-state index < -0.39 is 0 Å². The van der Waals surface area contributed by atoms with Gasteiger partial charge in [-0.25, -0.2) is 4.68 Å². The van der Waals surface area contributed by atoms with Gasteiger partial charge >= 0.3 is 0 Å². The summed E-state index contributed by atoms with van der Waals surface area (Å²) in [5.41, 5.74) is 2.71. The molecule has 3 rings (SSSR count). The van der Waals surface area contributed by atoms with E-state index in [-0.39, 0.29) is 11.7 Å². The largest absolute Gasteiger partial charge is 0.508 e. The second-order valence-corrected chi connectivity index (χ2v) is 5.88. The molecule has 128 valence electrons. The van der Waals surface area contributed by atoms with Gasteiger partial charge in [-0.15, -0.1) is 5.10 Å². The van der Waals surface area contributed by atoms with Gasteiger partial charge in [0.1, 0.15) is 5.75 Å². The van der Waals surface area contributed by atoms with Crippen LogP contribution < -0.4 is 0 Å². The fraction of sp³-hybridized carbons (Fsp3) is 0.211. The number of amides is 1. The van der Waals surface area contributed by atoms with Crippen molar-refractivity contribution in [3.8, 4) is 11.4 Å². The summed E-state index contributed by atoms with van der Waals surface area (Å²) < 4.78 is 1.66. The number of phenols is 1. The van der Waals surface area contributed by atoms with Crippen LogP contribution in [0.2, 0.25) is 0 Å². The van der Waals surface area contributed by atoms with Crippen molar-refractivity contribution in [1.82, 2.24) is 19.9 Å². The SMILES string of the molecule is Cc1c(C(=O)N(C)CCc2ccccc2O)nnn1-c1ccccc1. The molecule has 6 heteroatoms. The van der Waals surface area contributed by atoms with Gasteiger partial charge in [0, 0.05) is 13.6 Å². The molecule has 0 bridgehead atoms. The second-order valence-electron chi connectivity index (χ2n) is 5.88. The van der Waals surface area contributed by atoms with Crippen LogP contribution in [0, 0.1) is 6.92 Å². The molecule has 1 amide bonds. The van der Waals surface area contributed by atoms with E-state index in [0.29, 0.717) is 24.4 Å². The van der Waals surface area contributed by atoms with Crippen molar-refractivity contribution in [2.45, 2.75) is 13.3 Å². The predicted molar refractivity (Wildman–Crippen MR) is 94.9 cm³/mol. The number of likely N-dealkylation sites (N-methyl/N-ethyl adjacent to an activating group) is 1. The number of aromatic hydroxyl groups is 1. The van der Waals surface area contributed by atoms with Gasteiger partial charge in [0.2, 0.25) is 0 Å². The van der Waals surface area contributed by atoms with Crippen LogP contribution in [0.1, 0.15) is 21.7 Å². The third-order valence-corrected chi connectivity index (χ3v) is 4.15. The van der Waals surface area contributed by atoms with E-state index in [4.69, 9.17) is 0 Å². The predicted octanol–water partition coefficient (Wildman–Crippen LogP) is 2.60. The molecule has 0 fully saturated rings. The lowest BCUT2D eigenvalue weighted by Crippen LogP contribution is -2.29. The van der Waals surface area contributed by atoms with Gasteiger partial charge in [-0.1, -0.05) is 41.6 Å². The number of carbonyl (C=O) groups excluding carboxylic acids is 1. The van der Waals surface area contributed by atoms with Gasteiger partial charge in [0.25, 0.3) is 5.91 Å². The Morgan fingerprint density at radius 1 is 1.12 bits per heavy atom. The maximum absolute atomic E-state index is 12.7. The van der Waals surface area contributed by atoms with Crippen molar-refractivity contribution in [2.24, 2.45) is 0 Å². The Morgan fingerprint density at radius 3 is 2.52 bits per heavy atom. The number of hydrogen-bond donors (Lipinski definition) is 1. The molecule has 0 atom stereocenters. The van der Waals surface area contributed by atoms with Crippen molar-refractivity contribution in [2.75, 3.05) is 13.6 Å². The topological polar surface area (TPSA) is 71.2 Å². The van der Waals surface area contributed by atoms with Gasteiger partial charge in [-0.05, 0) is 37.1 Å². The highest BCUT2D eigenvalue weighted by Crippen LogP contribution is 2.17. The molecule has 1 aromatic heterocycles. The lowest BCUT2D eigenvalue weighted by molar-refractivity contribution is 0.0789. The summed E-state index contributed by atoms with van der Waals surface area (Å²) in [5.74, 6) is 0.0599. The van der Waals surface area contributed by atoms with E-state index in [1.807, 2.05) is 49.4 Å². The highest BCUT2D eigenvalue weighted by Gasteiger charge is 2.20. The van der Waals surface area contributed by atoms with E-state index in [1.165, 1.54) is 0 Å². The first-order valence-corrected chi connectivity index (χ1v) is 8.08. The molecular formula is C19H20N4O2. The molecule has 0 unspecified atom stereocenters. The zero-order chi connectivity index (χ0) is 17.8. The monoisotopic (exact) mass is 336 g/mol. The van der Waals surface area contributed by atoms with Crippen molar-refractivity contribution >= 4 is 5.91 Å². The van der Waals surface area contributed by atoms with Crippen LogP contribution in [0.15, 0.2) is 54.6 Å². The Labute approximate surface area is 146 Å². The maximum Gasteiger partial charge on any atom is 0.276 e. The fourth-order valence-electron chi connectivity index (χ4n) is 2.63. The average Bonchev–Trinajstić information content (AvgIpc) is 3.02.